The molecule has 3 rings (SSSR count). The van der Waals surface area contributed by atoms with E-state index in [1.54, 1.807) is 28.9 Å². The van der Waals surface area contributed by atoms with Crippen molar-refractivity contribution in [1.29, 1.82) is 0 Å². The van der Waals surface area contributed by atoms with E-state index >= 15 is 0 Å². The fourth-order valence-electron chi connectivity index (χ4n) is 1.94. The number of nitrogens with zero attached hydrogens (tertiary/aromatic N) is 2. The molecule has 0 fully saturated rings. The van der Waals surface area contributed by atoms with Crippen LogP contribution in [0.4, 0.5) is 11.4 Å². The van der Waals surface area contributed by atoms with Crippen LogP contribution in [0.3, 0.4) is 0 Å². The Bertz CT molecular complexity index is 797. The minimum Gasteiger partial charge on any atom is -0.399 e. The summed E-state index contributed by atoms with van der Waals surface area (Å²) in [6.07, 6.45) is 3.30. The van der Waals surface area contributed by atoms with Gasteiger partial charge in [0.05, 0.1) is 28.0 Å². The minimum absolute atomic E-state index is 0.279. The van der Waals surface area contributed by atoms with Crippen molar-refractivity contribution in [3.05, 3.63) is 59.4 Å². The second-order valence-corrected chi connectivity index (χ2v) is 4.69. The first-order valence-electron chi connectivity index (χ1n) is 5.94. The molecule has 0 aliphatic rings. The lowest BCUT2D eigenvalue weighted by Crippen LogP contribution is -2.12. The van der Waals surface area contributed by atoms with E-state index < -0.39 is 0 Å². The van der Waals surface area contributed by atoms with E-state index in [2.05, 4.69) is 10.4 Å². The van der Waals surface area contributed by atoms with Gasteiger partial charge in [-0.1, -0.05) is 17.7 Å². The number of halogens is 1. The van der Waals surface area contributed by atoms with Crippen LogP contribution in [0.25, 0.3) is 5.52 Å². The van der Waals surface area contributed by atoms with E-state index in [1.165, 1.54) is 6.20 Å². The van der Waals surface area contributed by atoms with Crippen molar-refractivity contribution in [1.82, 2.24) is 9.61 Å². The van der Waals surface area contributed by atoms with Gasteiger partial charge in [-0.25, -0.2) is 4.52 Å². The molecule has 0 atom stereocenters. The number of pyridine rings is 1. The molecule has 100 valence electrons. The average molecular weight is 287 g/mol. The van der Waals surface area contributed by atoms with Gasteiger partial charge in [0, 0.05) is 11.9 Å². The minimum atomic E-state index is -0.279. The Morgan fingerprint density at radius 3 is 3.00 bits per heavy atom. The molecule has 1 aromatic carbocycles. The van der Waals surface area contributed by atoms with Crippen LogP contribution in [0.15, 0.2) is 48.8 Å². The maximum atomic E-state index is 12.3. The van der Waals surface area contributed by atoms with Gasteiger partial charge in [-0.15, -0.1) is 0 Å². The molecule has 20 heavy (non-hydrogen) atoms. The molecule has 0 radical (unpaired) electrons. The van der Waals surface area contributed by atoms with E-state index in [0.29, 0.717) is 22.0 Å². The molecule has 0 bridgehead atoms. The predicted molar refractivity (Wildman–Crippen MR) is 79.0 cm³/mol. The molecule has 0 aliphatic carbocycles. The third-order valence-corrected chi connectivity index (χ3v) is 3.24. The van der Waals surface area contributed by atoms with E-state index in [1.807, 2.05) is 18.2 Å². The number of aromatic nitrogens is 2. The van der Waals surface area contributed by atoms with Crippen LogP contribution in [0.5, 0.6) is 0 Å². The quantitative estimate of drug-likeness (QED) is 0.712. The Morgan fingerprint density at radius 2 is 2.15 bits per heavy atom. The van der Waals surface area contributed by atoms with Crippen LogP contribution in [0.2, 0.25) is 5.02 Å². The maximum Gasteiger partial charge on any atom is 0.259 e. The van der Waals surface area contributed by atoms with E-state index in [0.717, 1.165) is 5.52 Å². The van der Waals surface area contributed by atoms with Crippen molar-refractivity contribution < 1.29 is 4.79 Å². The molecule has 0 aliphatic heterocycles. The highest BCUT2D eigenvalue weighted by atomic mass is 35.5. The van der Waals surface area contributed by atoms with Gasteiger partial charge in [-0.3, -0.25) is 4.79 Å². The van der Waals surface area contributed by atoms with Crippen molar-refractivity contribution in [2.24, 2.45) is 0 Å². The number of carbonyl (C=O) groups excluding carboxylic acids is 1. The lowest BCUT2D eigenvalue weighted by Gasteiger charge is -2.07. The number of anilines is 2. The van der Waals surface area contributed by atoms with Crippen LogP contribution in [0, 0.1) is 0 Å². The second kappa shape index (κ2) is 4.86. The zero-order valence-electron chi connectivity index (χ0n) is 10.4. The number of amides is 1. The number of nitrogens with two attached hydrogens (primary N) is 1. The summed E-state index contributed by atoms with van der Waals surface area (Å²) in [6, 6.07) is 10.4. The van der Waals surface area contributed by atoms with Crippen LogP contribution in [-0.4, -0.2) is 15.5 Å². The van der Waals surface area contributed by atoms with Crippen molar-refractivity contribution in [3.8, 4) is 0 Å². The molecular weight excluding hydrogens is 276 g/mol. The number of benzene rings is 1. The van der Waals surface area contributed by atoms with Crippen molar-refractivity contribution >= 4 is 34.4 Å². The summed E-state index contributed by atoms with van der Waals surface area (Å²) < 4.78 is 1.63. The Kier molecular flexibility index (Phi) is 3.04. The molecule has 3 N–H and O–H groups in total. The summed E-state index contributed by atoms with van der Waals surface area (Å²) in [6.45, 7) is 0. The third-order valence-electron chi connectivity index (χ3n) is 2.91. The number of nitrogen functional groups attached to an aromatic ring is 1. The van der Waals surface area contributed by atoms with Crippen molar-refractivity contribution in [3.63, 3.8) is 0 Å². The first kappa shape index (κ1) is 12.5. The average Bonchev–Trinajstić information content (AvgIpc) is 2.87. The molecule has 3 aromatic rings. The monoisotopic (exact) mass is 286 g/mol. The highest BCUT2D eigenvalue weighted by Crippen LogP contribution is 2.25. The highest BCUT2D eigenvalue weighted by Gasteiger charge is 2.13. The topological polar surface area (TPSA) is 72.4 Å². The van der Waals surface area contributed by atoms with Gasteiger partial charge in [0.1, 0.15) is 0 Å². The molecule has 6 heteroatoms. The van der Waals surface area contributed by atoms with Gasteiger partial charge in [-0.2, -0.15) is 5.10 Å². The molecule has 2 heterocycles. The van der Waals surface area contributed by atoms with Crippen molar-refractivity contribution in [2.45, 2.75) is 0 Å². The third kappa shape index (κ3) is 2.19. The summed E-state index contributed by atoms with van der Waals surface area (Å²) in [5.41, 5.74) is 7.90. The number of hydrogen-bond acceptors (Lipinski definition) is 3. The summed E-state index contributed by atoms with van der Waals surface area (Å²) >= 11 is 6.03. The zero-order valence-corrected chi connectivity index (χ0v) is 11.1. The van der Waals surface area contributed by atoms with E-state index in [4.69, 9.17) is 17.3 Å². The zero-order chi connectivity index (χ0) is 14.1. The predicted octanol–water partition coefficient (Wildman–Crippen LogP) is 2.82. The standard InChI is InChI=1S/C14H11ClN4O/c15-11-5-4-9(16)7-12(11)18-14(20)10-8-17-19-6-2-1-3-13(10)19/h1-8H,16H2,(H,18,20). The maximum absolute atomic E-state index is 12.3. The highest BCUT2D eigenvalue weighted by molar-refractivity contribution is 6.34. The summed E-state index contributed by atoms with van der Waals surface area (Å²) in [5, 5.41) is 7.30. The normalized spacial score (nSPS) is 10.7. The van der Waals surface area contributed by atoms with Gasteiger partial charge in [0.2, 0.25) is 0 Å². The fraction of sp³-hybridized carbons (Fsp3) is 0. The Hall–Kier alpha value is -2.53. The first-order chi connectivity index (χ1) is 9.65. The van der Waals surface area contributed by atoms with Crippen LogP contribution >= 0.6 is 11.6 Å². The summed E-state index contributed by atoms with van der Waals surface area (Å²) in [5.74, 6) is -0.279. The van der Waals surface area contributed by atoms with Gasteiger partial charge >= 0.3 is 0 Å². The molecule has 0 unspecified atom stereocenters. The largest absolute Gasteiger partial charge is 0.399 e. The molecule has 0 spiro atoms. The second-order valence-electron chi connectivity index (χ2n) is 4.28. The number of nitrogens with one attached hydrogen (secondary N) is 1. The van der Waals surface area contributed by atoms with E-state index in [-0.39, 0.29) is 5.91 Å². The van der Waals surface area contributed by atoms with Crippen LogP contribution in [-0.2, 0) is 0 Å². The lowest BCUT2D eigenvalue weighted by atomic mass is 10.2. The number of hydrogen-bond donors (Lipinski definition) is 2. The Morgan fingerprint density at radius 1 is 1.30 bits per heavy atom. The molecule has 0 saturated heterocycles. The number of fused-ring (bicyclic) bond motifs is 1. The van der Waals surface area contributed by atoms with Crippen molar-refractivity contribution in [2.75, 3.05) is 11.1 Å². The summed E-state index contributed by atoms with van der Waals surface area (Å²) in [7, 11) is 0. The Labute approximate surface area is 120 Å². The van der Waals surface area contributed by atoms with E-state index in [9.17, 15) is 4.79 Å². The smallest absolute Gasteiger partial charge is 0.259 e. The van der Waals surface area contributed by atoms with Gasteiger partial charge < -0.3 is 11.1 Å². The van der Waals surface area contributed by atoms with Gasteiger partial charge in [-0.05, 0) is 30.3 Å². The number of carbonyl (C=O) groups is 1. The van der Waals surface area contributed by atoms with Gasteiger partial charge in [0.15, 0.2) is 0 Å². The first-order valence-corrected chi connectivity index (χ1v) is 6.32. The molecule has 5 nitrogen and oxygen atoms in total. The Balaban J connectivity index is 1.95. The summed E-state index contributed by atoms with van der Waals surface area (Å²) in [4.78, 5) is 12.3. The molecule has 1 amide bonds. The van der Waals surface area contributed by atoms with Crippen LogP contribution in [0.1, 0.15) is 10.4 Å². The lowest BCUT2D eigenvalue weighted by molar-refractivity contribution is 0.102. The fourth-order valence-corrected chi connectivity index (χ4v) is 2.10. The molecule has 0 saturated carbocycles. The molecule has 2 aromatic heterocycles. The van der Waals surface area contributed by atoms with Crippen LogP contribution < -0.4 is 11.1 Å². The molecular formula is C14H11ClN4O. The number of rotatable bonds is 2. The van der Waals surface area contributed by atoms with Gasteiger partial charge in [0.25, 0.3) is 5.91 Å². The SMILES string of the molecule is Nc1ccc(Cl)c(NC(=O)c2cnn3ccccc23)c1.